The minimum absolute atomic E-state index is 0.890. The van der Waals surface area contributed by atoms with E-state index in [2.05, 4.69) is 90.6 Å². The molecule has 2 heterocycles. The number of benzene rings is 4. The molecule has 6 rings (SSSR count). The van der Waals surface area contributed by atoms with E-state index >= 15 is 0 Å². The highest BCUT2D eigenvalue weighted by atomic mass is 32.2. The van der Waals surface area contributed by atoms with E-state index < -0.39 is 0 Å². The van der Waals surface area contributed by atoms with E-state index in [0.29, 0.717) is 0 Å². The molecule has 2 aliphatic rings. The van der Waals surface area contributed by atoms with Gasteiger partial charge in [0.25, 0.3) is 0 Å². The van der Waals surface area contributed by atoms with Crippen molar-refractivity contribution in [3.05, 3.63) is 84.9 Å². The van der Waals surface area contributed by atoms with Crippen LogP contribution >= 0.6 is 11.8 Å². The van der Waals surface area contributed by atoms with Crippen LogP contribution in [0.15, 0.2) is 94.7 Å². The maximum absolute atomic E-state index is 6.23. The zero-order valence-corrected chi connectivity index (χ0v) is 17.6. The van der Waals surface area contributed by atoms with Gasteiger partial charge in [-0.2, -0.15) is 0 Å². The fourth-order valence-electron chi connectivity index (χ4n) is 4.24. The maximum Gasteiger partial charge on any atom is 0.151 e. The van der Waals surface area contributed by atoms with Crippen LogP contribution in [0.5, 0.6) is 11.5 Å². The molecule has 0 saturated heterocycles. The molecular weight excluding hydrogens is 388 g/mol. The van der Waals surface area contributed by atoms with Crippen LogP contribution in [0.2, 0.25) is 0 Å². The Bertz CT molecular complexity index is 1200. The topological polar surface area (TPSA) is 15.7 Å². The molecule has 0 aliphatic carbocycles. The fourth-order valence-corrected chi connectivity index (χ4v) is 5.43. The standard InChI is InChI=1S/C26H20N2OS/c1-27-19-7-3-5-9-23(19)29-24-15-17(11-13-20(24)27)18-12-14-22-26(16-18)30-25-10-6-4-8-21(25)28(22)2/h3-16H,1-2H3. The van der Waals surface area contributed by atoms with Gasteiger partial charge in [0.1, 0.15) is 0 Å². The molecule has 146 valence electrons. The maximum atomic E-state index is 6.23. The lowest BCUT2D eigenvalue weighted by molar-refractivity contribution is 0.476. The number of fused-ring (bicyclic) bond motifs is 4. The lowest BCUT2D eigenvalue weighted by Crippen LogP contribution is -2.15. The van der Waals surface area contributed by atoms with E-state index in [1.54, 1.807) is 0 Å². The molecule has 0 fully saturated rings. The lowest BCUT2D eigenvalue weighted by atomic mass is 10.0. The molecular formula is C26H20N2OS. The van der Waals surface area contributed by atoms with Crippen molar-refractivity contribution in [2.45, 2.75) is 9.79 Å². The highest BCUT2D eigenvalue weighted by Gasteiger charge is 2.23. The van der Waals surface area contributed by atoms with Crippen molar-refractivity contribution >= 4 is 34.5 Å². The summed E-state index contributed by atoms with van der Waals surface area (Å²) in [5, 5.41) is 0. The van der Waals surface area contributed by atoms with Gasteiger partial charge >= 0.3 is 0 Å². The van der Waals surface area contributed by atoms with Gasteiger partial charge in [-0.1, -0.05) is 48.2 Å². The predicted octanol–water partition coefficient (Wildman–Crippen LogP) is 7.46. The first kappa shape index (κ1) is 17.5. The Morgan fingerprint density at radius 2 is 1.17 bits per heavy atom. The molecule has 0 spiro atoms. The number of hydrogen-bond acceptors (Lipinski definition) is 4. The average molecular weight is 409 g/mol. The van der Waals surface area contributed by atoms with E-state index in [9.17, 15) is 0 Å². The van der Waals surface area contributed by atoms with Crippen LogP contribution in [-0.4, -0.2) is 14.1 Å². The van der Waals surface area contributed by atoms with Crippen molar-refractivity contribution in [3.63, 3.8) is 0 Å². The molecule has 3 nitrogen and oxygen atoms in total. The third-order valence-electron chi connectivity index (χ3n) is 5.87. The second-order valence-corrected chi connectivity index (χ2v) is 8.71. The van der Waals surface area contributed by atoms with Crippen LogP contribution in [0.25, 0.3) is 11.1 Å². The van der Waals surface area contributed by atoms with E-state index in [0.717, 1.165) is 28.4 Å². The summed E-state index contributed by atoms with van der Waals surface area (Å²) < 4.78 is 6.23. The highest BCUT2D eigenvalue weighted by Crippen LogP contribution is 2.50. The summed E-state index contributed by atoms with van der Waals surface area (Å²) in [6, 6.07) is 29.9. The van der Waals surface area contributed by atoms with Gasteiger partial charge in [-0.05, 0) is 59.7 Å². The Morgan fingerprint density at radius 3 is 2.03 bits per heavy atom. The summed E-state index contributed by atoms with van der Waals surface area (Å²) in [6.45, 7) is 0. The number of rotatable bonds is 1. The molecule has 4 aromatic rings. The molecule has 30 heavy (non-hydrogen) atoms. The first-order valence-electron chi connectivity index (χ1n) is 9.99. The van der Waals surface area contributed by atoms with Gasteiger partial charge in [0.05, 0.1) is 22.7 Å². The second-order valence-electron chi connectivity index (χ2n) is 7.62. The van der Waals surface area contributed by atoms with Gasteiger partial charge in [0.15, 0.2) is 11.5 Å². The molecule has 0 atom stereocenters. The monoisotopic (exact) mass is 408 g/mol. The number of para-hydroxylation sites is 3. The molecule has 0 unspecified atom stereocenters. The Kier molecular flexibility index (Phi) is 3.83. The third-order valence-corrected chi connectivity index (χ3v) is 6.98. The summed E-state index contributed by atoms with van der Waals surface area (Å²) in [6.07, 6.45) is 0. The van der Waals surface area contributed by atoms with Gasteiger partial charge < -0.3 is 14.5 Å². The SMILES string of the molecule is CN1c2ccccc2Oc2cc(-c3ccc4c(c3)Sc3ccccc3N4C)ccc21. The van der Waals surface area contributed by atoms with Crippen LogP contribution in [0, 0.1) is 0 Å². The van der Waals surface area contributed by atoms with Crippen LogP contribution in [0.4, 0.5) is 22.7 Å². The highest BCUT2D eigenvalue weighted by molar-refractivity contribution is 7.99. The summed E-state index contributed by atoms with van der Waals surface area (Å²) in [4.78, 5) is 7.02. The molecule has 0 aromatic heterocycles. The van der Waals surface area contributed by atoms with Crippen molar-refractivity contribution in [3.8, 4) is 22.6 Å². The molecule has 0 radical (unpaired) electrons. The van der Waals surface area contributed by atoms with Gasteiger partial charge in [0, 0.05) is 23.9 Å². The van der Waals surface area contributed by atoms with E-state index in [4.69, 9.17) is 4.74 Å². The number of hydrogen-bond donors (Lipinski definition) is 0. The number of nitrogens with zero attached hydrogens (tertiary/aromatic N) is 2. The van der Waals surface area contributed by atoms with Crippen molar-refractivity contribution in [1.82, 2.24) is 0 Å². The Morgan fingerprint density at radius 1 is 0.567 bits per heavy atom. The summed E-state index contributed by atoms with van der Waals surface area (Å²) in [7, 11) is 4.22. The summed E-state index contributed by atoms with van der Waals surface area (Å²) in [5.41, 5.74) is 7.02. The van der Waals surface area contributed by atoms with Gasteiger partial charge in [0.2, 0.25) is 0 Å². The third kappa shape index (κ3) is 2.61. The largest absolute Gasteiger partial charge is 0.453 e. The van der Waals surface area contributed by atoms with E-state index in [1.165, 1.54) is 26.7 Å². The van der Waals surface area contributed by atoms with E-state index in [-0.39, 0.29) is 0 Å². The smallest absolute Gasteiger partial charge is 0.151 e. The number of anilines is 4. The van der Waals surface area contributed by atoms with E-state index in [1.807, 2.05) is 30.0 Å². The first-order valence-corrected chi connectivity index (χ1v) is 10.8. The first-order chi connectivity index (χ1) is 14.7. The van der Waals surface area contributed by atoms with Crippen LogP contribution in [0.1, 0.15) is 0 Å². The van der Waals surface area contributed by atoms with Gasteiger partial charge in [-0.3, -0.25) is 0 Å². The number of ether oxygens (including phenoxy) is 1. The molecule has 0 amide bonds. The summed E-state index contributed by atoms with van der Waals surface area (Å²) >= 11 is 1.83. The van der Waals surface area contributed by atoms with Crippen molar-refractivity contribution in [1.29, 1.82) is 0 Å². The predicted molar refractivity (Wildman–Crippen MR) is 125 cm³/mol. The summed E-state index contributed by atoms with van der Waals surface area (Å²) in [5.74, 6) is 1.78. The van der Waals surface area contributed by atoms with Crippen molar-refractivity contribution < 1.29 is 4.74 Å². The minimum atomic E-state index is 0.890. The zero-order valence-electron chi connectivity index (χ0n) is 16.8. The Balaban J connectivity index is 1.39. The Hall–Kier alpha value is -3.37. The van der Waals surface area contributed by atoms with Crippen LogP contribution < -0.4 is 14.5 Å². The normalized spacial score (nSPS) is 13.7. The van der Waals surface area contributed by atoms with Crippen molar-refractivity contribution in [2.75, 3.05) is 23.9 Å². The van der Waals surface area contributed by atoms with Gasteiger partial charge in [-0.15, -0.1) is 0 Å². The molecule has 4 aromatic carbocycles. The van der Waals surface area contributed by atoms with Crippen molar-refractivity contribution in [2.24, 2.45) is 0 Å². The molecule has 0 saturated carbocycles. The van der Waals surface area contributed by atoms with Crippen LogP contribution in [0.3, 0.4) is 0 Å². The van der Waals surface area contributed by atoms with Gasteiger partial charge in [-0.25, -0.2) is 0 Å². The zero-order chi connectivity index (χ0) is 20.2. The second kappa shape index (κ2) is 6.57. The quantitative estimate of drug-likeness (QED) is 0.325. The average Bonchev–Trinajstić information content (AvgIpc) is 2.79. The lowest BCUT2D eigenvalue weighted by Gasteiger charge is -2.30. The fraction of sp³-hybridized carbons (Fsp3) is 0.0769. The molecule has 0 N–H and O–H groups in total. The molecule has 2 aliphatic heterocycles. The minimum Gasteiger partial charge on any atom is -0.453 e. The molecule has 0 bridgehead atoms. The Labute approximate surface area is 180 Å². The molecule has 4 heteroatoms. The van der Waals surface area contributed by atoms with Crippen LogP contribution in [-0.2, 0) is 0 Å².